The van der Waals surface area contributed by atoms with Crippen LogP contribution in [0, 0.1) is 17.0 Å². The van der Waals surface area contributed by atoms with Gasteiger partial charge in [0.05, 0.1) is 9.82 Å². The summed E-state index contributed by atoms with van der Waals surface area (Å²) in [6, 6.07) is 3.84. The second-order valence-electron chi connectivity index (χ2n) is 4.29. The molecule has 1 aromatic carbocycles. The van der Waals surface area contributed by atoms with Gasteiger partial charge in [0, 0.05) is 30.5 Å². The summed E-state index contributed by atoms with van der Waals surface area (Å²) in [6.07, 6.45) is 0.668. The Morgan fingerprint density at radius 3 is 2.71 bits per heavy atom. The smallest absolute Gasteiger partial charge is 0.273 e. The van der Waals surface area contributed by atoms with E-state index in [1.165, 1.54) is 23.9 Å². The maximum absolute atomic E-state index is 12.0. The minimum atomic E-state index is -3.74. The summed E-state index contributed by atoms with van der Waals surface area (Å²) in [6.45, 7) is 1.91. The molecule has 0 aliphatic carbocycles. The number of benzene rings is 1. The number of nitrogens with one attached hydrogen (secondary N) is 1. The molecule has 0 unspecified atom stereocenters. The van der Waals surface area contributed by atoms with Crippen molar-refractivity contribution in [2.45, 2.75) is 18.2 Å². The third kappa shape index (κ3) is 5.62. The lowest BCUT2D eigenvalue weighted by Crippen LogP contribution is -2.26. The van der Waals surface area contributed by atoms with Gasteiger partial charge in [-0.05, 0) is 25.2 Å². The molecule has 118 valence electrons. The molecule has 0 heterocycles. The first-order chi connectivity index (χ1) is 9.88. The second kappa shape index (κ2) is 8.32. The quantitative estimate of drug-likeness (QED) is 0.400. The first kappa shape index (κ1) is 17.9. The lowest BCUT2D eigenvalue weighted by Gasteiger charge is -2.07. The normalized spacial score (nSPS) is 11.5. The van der Waals surface area contributed by atoms with Crippen molar-refractivity contribution in [2.75, 3.05) is 24.7 Å². The Labute approximate surface area is 128 Å². The molecule has 1 aromatic rings. The SMILES string of the molecule is Cc1ccc(S(=O)(=O)NCCSCCCO)cc1[N+](=O)[O-]. The van der Waals surface area contributed by atoms with E-state index in [1.807, 2.05) is 0 Å². The molecule has 2 N–H and O–H groups in total. The fourth-order valence-corrected chi connectivity index (χ4v) is 3.52. The number of nitro benzene ring substituents is 1. The number of sulfonamides is 1. The Bertz CT molecular complexity index is 589. The van der Waals surface area contributed by atoms with E-state index in [1.54, 1.807) is 6.92 Å². The molecule has 0 bridgehead atoms. The molecule has 0 atom stereocenters. The maximum Gasteiger partial charge on any atom is 0.273 e. The maximum atomic E-state index is 12.0. The molecular formula is C12H18N2O5S2. The van der Waals surface area contributed by atoms with Gasteiger partial charge in [-0.1, -0.05) is 6.07 Å². The standard InChI is InChI=1S/C12H18N2O5S2/c1-10-3-4-11(9-12(10)14(16)17)21(18,19)13-5-8-20-7-2-6-15/h3-4,9,13,15H,2,5-8H2,1H3. The van der Waals surface area contributed by atoms with Gasteiger partial charge in [0.15, 0.2) is 0 Å². The van der Waals surface area contributed by atoms with Crippen LogP contribution in [0.1, 0.15) is 12.0 Å². The van der Waals surface area contributed by atoms with Crippen LogP contribution in [0.3, 0.4) is 0 Å². The van der Waals surface area contributed by atoms with Crippen molar-refractivity contribution in [2.24, 2.45) is 0 Å². The molecule has 0 aromatic heterocycles. The molecule has 0 amide bonds. The Balaban J connectivity index is 2.66. The largest absolute Gasteiger partial charge is 0.396 e. The van der Waals surface area contributed by atoms with E-state index < -0.39 is 14.9 Å². The number of aliphatic hydroxyl groups excluding tert-OH is 1. The van der Waals surface area contributed by atoms with E-state index >= 15 is 0 Å². The number of rotatable bonds is 9. The van der Waals surface area contributed by atoms with Crippen molar-refractivity contribution >= 4 is 27.5 Å². The van der Waals surface area contributed by atoms with Gasteiger partial charge >= 0.3 is 0 Å². The molecule has 0 aliphatic rings. The molecule has 0 saturated heterocycles. The minimum Gasteiger partial charge on any atom is -0.396 e. The van der Waals surface area contributed by atoms with Gasteiger partial charge in [-0.15, -0.1) is 0 Å². The van der Waals surface area contributed by atoms with Gasteiger partial charge in [0.2, 0.25) is 10.0 Å². The Hall–Kier alpha value is -1.16. The van der Waals surface area contributed by atoms with E-state index in [0.717, 1.165) is 11.8 Å². The van der Waals surface area contributed by atoms with Crippen molar-refractivity contribution in [3.63, 3.8) is 0 Å². The summed E-state index contributed by atoms with van der Waals surface area (Å²) in [5.74, 6) is 1.33. The number of nitro groups is 1. The van der Waals surface area contributed by atoms with Gasteiger partial charge in [-0.2, -0.15) is 11.8 Å². The van der Waals surface area contributed by atoms with Crippen LogP contribution in [0.2, 0.25) is 0 Å². The molecule has 0 aliphatic heterocycles. The van der Waals surface area contributed by atoms with E-state index in [2.05, 4.69) is 4.72 Å². The summed E-state index contributed by atoms with van der Waals surface area (Å²) in [5, 5.41) is 19.4. The van der Waals surface area contributed by atoms with Crippen molar-refractivity contribution < 1.29 is 18.4 Å². The number of nitrogens with zero attached hydrogens (tertiary/aromatic N) is 1. The molecule has 1 rings (SSSR count). The van der Waals surface area contributed by atoms with E-state index in [-0.39, 0.29) is 23.7 Å². The highest BCUT2D eigenvalue weighted by molar-refractivity contribution is 7.99. The molecule has 0 radical (unpaired) electrons. The number of hydrogen-bond acceptors (Lipinski definition) is 6. The molecule has 7 nitrogen and oxygen atoms in total. The van der Waals surface area contributed by atoms with Crippen molar-refractivity contribution in [3.05, 3.63) is 33.9 Å². The van der Waals surface area contributed by atoms with Crippen LogP contribution >= 0.6 is 11.8 Å². The average Bonchev–Trinajstić information content (AvgIpc) is 2.42. The summed E-state index contributed by atoms with van der Waals surface area (Å²) in [4.78, 5) is 10.1. The van der Waals surface area contributed by atoms with E-state index in [9.17, 15) is 18.5 Å². The van der Waals surface area contributed by atoms with Crippen LogP contribution in [-0.2, 0) is 10.0 Å². The zero-order chi connectivity index (χ0) is 15.9. The van der Waals surface area contributed by atoms with E-state index in [4.69, 9.17) is 5.11 Å². The number of aliphatic hydroxyl groups is 1. The fraction of sp³-hybridized carbons (Fsp3) is 0.500. The summed E-state index contributed by atoms with van der Waals surface area (Å²) >= 11 is 1.53. The topological polar surface area (TPSA) is 110 Å². The molecule has 0 spiro atoms. The van der Waals surface area contributed by atoms with Gasteiger partial charge < -0.3 is 5.11 Å². The van der Waals surface area contributed by atoms with Gasteiger partial charge in [-0.25, -0.2) is 13.1 Å². The zero-order valence-electron chi connectivity index (χ0n) is 11.6. The number of hydrogen-bond donors (Lipinski definition) is 2. The highest BCUT2D eigenvalue weighted by atomic mass is 32.2. The third-order valence-corrected chi connectivity index (χ3v) is 5.20. The van der Waals surface area contributed by atoms with Gasteiger partial charge in [0.25, 0.3) is 5.69 Å². The Morgan fingerprint density at radius 2 is 2.10 bits per heavy atom. The number of aryl methyl sites for hydroxylation is 1. The summed E-state index contributed by atoms with van der Waals surface area (Å²) < 4.78 is 26.5. The zero-order valence-corrected chi connectivity index (χ0v) is 13.2. The molecule has 0 saturated carbocycles. The monoisotopic (exact) mass is 334 g/mol. The Morgan fingerprint density at radius 1 is 1.38 bits per heavy atom. The molecule has 0 fully saturated rings. The molecular weight excluding hydrogens is 316 g/mol. The highest BCUT2D eigenvalue weighted by Gasteiger charge is 2.19. The van der Waals surface area contributed by atoms with Crippen LogP contribution in [0.4, 0.5) is 5.69 Å². The third-order valence-electron chi connectivity index (χ3n) is 2.67. The van der Waals surface area contributed by atoms with E-state index in [0.29, 0.717) is 17.7 Å². The van der Waals surface area contributed by atoms with Gasteiger partial charge in [-0.3, -0.25) is 10.1 Å². The van der Waals surface area contributed by atoms with Gasteiger partial charge in [0.1, 0.15) is 0 Å². The van der Waals surface area contributed by atoms with Crippen LogP contribution in [-0.4, -0.2) is 43.1 Å². The second-order valence-corrected chi connectivity index (χ2v) is 7.28. The highest BCUT2D eigenvalue weighted by Crippen LogP contribution is 2.21. The predicted octanol–water partition coefficient (Wildman–Crippen LogP) is 1.30. The lowest BCUT2D eigenvalue weighted by molar-refractivity contribution is -0.385. The van der Waals surface area contributed by atoms with Crippen LogP contribution < -0.4 is 4.72 Å². The molecule has 9 heteroatoms. The van der Waals surface area contributed by atoms with Crippen molar-refractivity contribution in [3.8, 4) is 0 Å². The van der Waals surface area contributed by atoms with Crippen molar-refractivity contribution in [1.82, 2.24) is 4.72 Å². The van der Waals surface area contributed by atoms with Crippen LogP contribution in [0.25, 0.3) is 0 Å². The lowest BCUT2D eigenvalue weighted by atomic mass is 10.2. The minimum absolute atomic E-state index is 0.111. The van der Waals surface area contributed by atoms with Crippen LogP contribution in [0.5, 0.6) is 0 Å². The van der Waals surface area contributed by atoms with Crippen molar-refractivity contribution in [1.29, 1.82) is 0 Å². The Kier molecular flexibility index (Phi) is 7.09. The average molecular weight is 334 g/mol. The predicted molar refractivity (Wildman–Crippen MR) is 82.0 cm³/mol. The number of thioether (sulfide) groups is 1. The van der Waals surface area contributed by atoms with Crippen LogP contribution in [0.15, 0.2) is 23.1 Å². The first-order valence-electron chi connectivity index (χ1n) is 6.32. The first-order valence-corrected chi connectivity index (χ1v) is 8.95. The summed E-state index contributed by atoms with van der Waals surface area (Å²) in [5.41, 5.74) is 0.203. The fourth-order valence-electron chi connectivity index (χ4n) is 1.55. The molecule has 21 heavy (non-hydrogen) atoms. The summed E-state index contributed by atoms with van der Waals surface area (Å²) in [7, 11) is -3.74.